The van der Waals surface area contributed by atoms with Gasteiger partial charge in [0, 0.05) is 18.1 Å². The van der Waals surface area contributed by atoms with Gasteiger partial charge in [0.15, 0.2) is 0 Å². The summed E-state index contributed by atoms with van der Waals surface area (Å²) >= 11 is 5.85. The van der Waals surface area contributed by atoms with Gasteiger partial charge in [-0.1, -0.05) is 18.5 Å². The number of rotatable bonds is 5. The number of likely N-dealkylation sites (tertiary alicyclic amines) is 1. The van der Waals surface area contributed by atoms with Crippen molar-refractivity contribution < 1.29 is 17.9 Å². The lowest BCUT2D eigenvalue weighted by Gasteiger charge is -2.30. The minimum absolute atomic E-state index is 0.0763. The van der Waals surface area contributed by atoms with Crippen LogP contribution in [0.25, 0.3) is 0 Å². The number of halogens is 1. The SMILES string of the molecule is COc1ccc(Cl)cc1S(=O)(=O)NCC(=O)N1CCC(C)CC1. The summed E-state index contributed by atoms with van der Waals surface area (Å²) in [5.74, 6) is 0.564. The normalized spacial score (nSPS) is 16.4. The molecule has 1 amide bonds. The fraction of sp³-hybridized carbons (Fsp3) is 0.533. The van der Waals surface area contributed by atoms with E-state index in [2.05, 4.69) is 11.6 Å². The van der Waals surface area contributed by atoms with E-state index in [9.17, 15) is 13.2 Å². The second-order valence-electron chi connectivity index (χ2n) is 5.68. The van der Waals surface area contributed by atoms with Gasteiger partial charge >= 0.3 is 0 Å². The van der Waals surface area contributed by atoms with E-state index >= 15 is 0 Å². The van der Waals surface area contributed by atoms with Crippen LogP contribution in [0.2, 0.25) is 5.02 Å². The maximum absolute atomic E-state index is 12.4. The number of sulfonamides is 1. The van der Waals surface area contributed by atoms with Crippen LogP contribution in [0.15, 0.2) is 23.1 Å². The number of piperidine rings is 1. The highest BCUT2D eigenvalue weighted by atomic mass is 35.5. The third-order valence-electron chi connectivity index (χ3n) is 3.96. The molecule has 1 saturated heterocycles. The molecule has 0 spiro atoms. The molecule has 1 aliphatic heterocycles. The predicted octanol–water partition coefficient (Wildman–Crippen LogP) is 1.89. The molecule has 1 fully saturated rings. The summed E-state index contributed by atoms with van der Waals surface area (Å²) in [6.45, 7) is 3.22. The quantitative estimate of drug-likeness (QED) is 0.870. The molecule has 1 aromatic rings. The summed E-state index contributed by atoms with van der Waals surface area (Å²) in [5, 5.41) is 0.280. The Kier molecular flexibility index (Phi) is 5.89. The topological polar surface area (TPSA) is 75.7 Å². The van der Waals surface area contributed by atoms with Crippen LogP contribution in [-0.4, -0.2) is 46.0 Å². The van der Waals surface area contributed by atoms with E-state index in [-0.39, 0.29) is 28.1 Å². The van der Waals surface area contributed by atoms with Crippen molar-refractivity contribution in [3.63, 3.8) is 0 Å². The van der Waals surface area contributed by atoms with Gasteiger partial charge in [-0.05, 0) is 37.0 Å². The molecule has 1 N–H and O–H groups in total. The highest BCUT2D eigenvalue weighted by Gasteiger charge is 2.24. The molecule has 8 heteroatoms. The number of benzene rings is 1. The number of nitrogens with one attached hydrogen (secondary N) is 1. The zero-order chi connectivity index (χ0) is 17.0. The Labute approximate surface area is 141 Å². The number of hydrogen-bond acceptors (Lipinski definition) is 4. The maximum Gasteiger partial charge on any atom is 0.244 e. The summed E-state index contributed by atoms with van der Waals surface area (Å²) in [6.07, 6.45) is 1.89. The van der Waals surface area contributed by atoms with Crippen molar-refractivity contribution in [2.75, 3.05) is 26.7 Å². The summed E-state index contributed by atoms with van der Waals surface area (Å²) in [5.41, 5.74) is 0. The van der Waals surface area contributed by atoms with E-state index in [0.29, 0.717) is 19.0 Å². The Morgan fingerprint density at radius 2 is 2.04 bits per heavy atom. The van der Waals surface area contributed by atoms with Gasteiger partial charge in [0.2, 0.25) is 15.9 Å². The molecule has 6 nitrogen and oxygen atoms in total. The average molecular weight is 361 g/mol. The molecule has 1 aliphatic rings. The average Bonchev–Trinajstić information content (AvgIpc) is 2.53. The van der Waals surface area contributed by atoms with Crippen molar-refractivity contribution in [1.82, 2.24) is 9.62 Å². The van der Waals surface area contributed by atoms with Gasteiger partial charge in [-0.25, -0.2) is 13.1 Å². The molecule has 0 aromatic heterocycles. The van der Waals surface area contributed by atoms with Crippen molar-refractivity contribution in [2.45, 2.75) is 24.7 Å². The minimum Gasteiger partial charge on any atom is -0.495 e. The fourth-order valence-corrected chi connectivity index (χ4v) is 3.87. The molecule has 0 unspecified atom stereocenters. The first-order chi connectivity index (χ1) is 10.8. The Morgan fingerprint density at radius 3 is 2.65 bits per heavy atom. The van der Waals surface area contributed by atoms with Gasteiger partial charge in [-0.3, -0.25) is 4.79 Å². The predicted molar refractivity (Wildman–Crippen MR) is 88.2 cm³/mol. The van der Waals surface area contributed by atoms with E-state index in [1.807, 2.05) is 0 Å². The lowest BCUT2D eigenvalue weighted by Crippen LogP contribution is -2.43. The fourth-order valence-electron chi connectivity index (χ4n) is 2.46. The van der Waals surface area contributed by atoms with Crippen molar-refractivity contribution >= 4 is 27.5 Å². The molecule has 0 saturated carbocycles. The Morgan fingerprint density at radius 1 is 1.39 bits per heavy atom. The van der Waals surface area contributed by atoms with Gasteiger partial charge in [-0.2, -0.15) is 0 Å². The number of amides is 1. The van der Waals surface area contributed by atoms with Gasteiger partial charge in [0.05, 0.1) is 13.7 Å². The molecular formula is C15H21ClN2O4S. The number of carbonyl (C=O) groups excluding carboxylic acids is 1. The second kappa shape index (κ2) is 7.51. The third-order valence-corrected chi connectivity index (χ3v) is 5.62. The molecule has 0 atom stereocenters. The van der Waals surface area contributed by atoms with Crippen LogP contribution in [-0.2, 0) is 14.8 Å². The molecule has 1 heterocycles. The highest BCUT2D eigenvalue weighted by Crippen LogP contribution is 2.26. The minimum atomic E-state index is -3.88. The highest BCUT2D eigenvalue weighted by molar-refractivity contribution is 7.89. The first kappa shape index (κ1) is 18.0. The number of ether oxygens (including phenoxy) is 1. The van der Waals surface area contributed by atoms with Crippen LogP contribution in [0.5, 0.6) is 5.75 Å². The molecule has 0 bridgehead atoms. The van der Waals surface area contributed by atoms with Gasteiger partial charge in [0.25, 0.3) is 0 Å². The van der Waals surface area contributed by atoms with Crippen LogP contribution in [0.4, 0.5) is 0 Å². The lowest BCUT2D eigenvalue weighted by atomic mass is 9.99. The Bertz CT molecular complexity index is 670. The van der Waals surface area contributed by atoms with E-state index < -0.39 is 10.0 Å². The Balaban J connectivity index is 2.04. The number of carbonyl (C=O) groups is 1. The van der Waals surface area contributed by atoms with Crippen LogP contribution >= 0.6 is 11.6 Å². The molecule has 128 valence electrons. The maximum atomic E-state index is 12.4. The summed E-state index contributed by atoms with van der Waals surface area (Å²) in [7, 11) is -2.50. The van der Waals surface area contributed by atoms with Crippen LogP contribution in [0.1, 0.15) is 19.8 Å². The van der Waals surface area contributed by atoms with E-state index in [1.165, 1.54) is 19.2 Å². The number of methoxy groups -OCH3 is 1. The Hall–Kier alpha value is -1.31. The van der Waals surface area contributed by atoms with E-state index in [1.54, 1.807) is 11.0 Å². The second-order valence-corrected chi connectivity index (χ2v) is 7.85. The van der Waals surface area contributed by atoms with Gasteiger partial charge in [-0.15, -0.1) is 0 Å². The largest absolute Gasteiger partial charge is 0.495 e. The standard InChI is InChI=1S/C15H21ClN2O4S/c1-11-5-7-18(8-6-11)15(19)10-17-23(20,21)14-9-12(16)3-4-13(14)22-2/h3-4,9,11,17H,5-8,10H2,1-2H3. The van der Waals surface area contributed by atoms with Gasteiger partial charge in [0.1, 0.15) is 10.6 Å². The first-order valence-electron chi connectivity index (χ1n) is 7.44. The molecule has 1 aromatic carbocycles. The van der Waals surface area contributed by atoms with Crippen LogP contribution in [0, 0.1) is 5.92 Å². The van der Waals surface area contributed by atoms with E-state index in [4.69, 9.17) is 16.3 Å². The summed E-state index contributed by atoms with van der Waals surface area (Å²) in [4.78, 5) is 13.8. The van der Waals surface area contributed by atoms with E-state index in [0.717, 1.165) is 12.8 Å². The molecule has 0 radical (unpaired) electrons. The third kappa shape index (κ3) is 4.59. The molecule has 0 aliphatic carbocycles. The molecule has 2 rings (SSSR count). The van der Waals surface area contributed by atoms with Crippen LogP contribution < -0.4 is 9.46 Å². The number of nitrogens with zero attached hydrogens (tertiary/aromatic N) is 1. The van der Waals surface area contributed by atoms with Crippen molar-refractivity contribution in [2.24, 2.45) is 5.92 Å². The number of hydrogen-bond donors (Lipinski definition) is 1. The summed E-state index contributed by atoms with van der Waals surface area (Å²) < 4.78 is 32.1. The zero-order valence-electron chi connectivity index (χ0n) is 13.2. The zero-order valence-corrected chi connectivity index (χ0v) is 14.8. The molecular weight excluding hydrogens is 340 g/mol. The smallest absolute Gasteiger partial charge is 0.244 e. The monoisotopic (exact) mass is 360 g/mol. The first-order valence-corrected chi connectivity index (χ1v) is 9.30. The van der Waals surface area contributed by atoms with Crippen molar-refractivity contribution in [3.05, 3.63) is 23.2 Å². The van der Waals surface area contributed by atoms with Crippen molar-refractivity contribution in [3.8, 4) is 5.75 Å². The van der Waals surface area contributed by atoms with Crippen LogP contribution in [0.3, 0.4) is 0 Å². The molecule has 23 heavy (non-hydrogen) atoms. The van der Waals surface area contributed by atoms with Gasteiger partial charge < -0.3 is 9.64 Å². The lowest BCUT2D eigenvalue weighted by molar-refractivity contribution is -0.131. The van der Waals surface area contributed by atoms with Crippen molar-refractivity contribution in [1.29, 1.82) is 0 Å². The summed E-state index contributed by atoms with van der Waals surface area (Å²) in [6, 6.07) is 4.32.